The van der Waals surface area contributed by atoms with Gasteiger partial charge in [-0.3, -0.25) is 0 Å². The van der Waals surface area contributed by atoms with E-state index in [1.165, 1.54) is 35.6 Å². The normalized spacial score (nSPS) is 20.6. The molecule has 0 saturated carbocycles. The van der Waals surface area contributed by atoms with Crippen LogP contribution in [-0.2, 0) is 8.85 Å². The standard InChI is InChI=1S/C26H46O2Si2/c1-10-13-15-20-23(27-29(8,9)26(5,6)7)24-21(4)25(22-18-16-14-17-19-22)30(11-2,12-3)28-24/h14,16-19,23-24H,10-13,15,20H2,1-9H3/t23-,24?/m0/s1. The van der Waals surface area contributed by atoms with E-state index in [0.29, 0.717) is 0 Å². The number of hydrogen-bond acceptors (Lipinski definition) is 2. The fourth-order valence-electron chi connectivity index (χ4n) is 4.54. The summed E-state index contributed by atoms with van der Waals surface area (Å²) in [7, 11) is -3.87. The van der Waals surface area contributed by atoms with Crippen LogP contribution in [-0.4, -0.2) is 28.8 Å². The zero-order valence-electron chi connectivity index (χ0n) is 21.1. The van der Waals surface area contributed by atoms with Crippen LogP contribution in [0, 0.1) is 0 Å². The topological polar surface area (TPSA) is 18.5 Å². The second kappa shape index (κ2) is 10.3. The summed E-state index contributed by atoms with van der Waals surface area (Å²) in [6, 6.07) is 13.3. The average molecular weight is 447 g/mol. The first-order chi connectivity index (χ1) is 14.0. The second-order valence-electron chi connectivity index (χ2n) is 10.6. The zero-order valence-corrected chi connectivity index (χ0v) is 23.1. The minimum atomic E-state index is -1.99. The van der Waals surface area contributed by atoms with Crippen LogP contribution in [0.25, 0.3) is 5.20 Å². The van der Waals surface area contributed by atoms with Crippen LogP contribution < -0.4 is 0 Å². The maximum Gasteiger partial charge on any atom is 0.225 e. The van der Waals surface area contributed by atoms with Gasteiger partial charge in [-0.2, -0.15) is 0 Å². The van der Waals surface area contributed by atoms with Crippen molar-refractivity contribution in [1.82, 2.24) is 0 Å². The minimum absolute atomic E-state index is 0.109. The van der Waals surface area contributed by atoms with Crippen molar-refractivity contribution in [2.75, 3.05) is 0 Å². The predicted molar refractivity (Wildman–Crippen MR) is 137 cm³/mol. The molecule has 170 valence electrons. The summed E-state index contributed by atoms with van der Waals surface area (Å²) in [4.78, 5) is 0. The number of unbranched alkanes of at least 4 members (excludes halogenated alkanes) is 2. The van der Waals surface area contributed by atoms with E-state index < -0.39 is 16.6 Å². The van der Waals surface area contributed by atoms with Crippen LogP contribution in [0.4, 0.5) is 0 Å². The van der Waals surface area contributed by atoms with Gasteiger partial charge in [0.2, 0.25) is 8.32 Å². The lowest BCUT2D eigenvalue weighted by Crippen LogP contribution is -2.48. The lowest BCUT2D eigenvalue weighted by Gasteiger charge is -2.41. The van der Waals surface area contributed by atoms with Crippen LogP contribution in [0.5, 0.6) is 0 Å². The van der Waals surface area contributed by atoms with Crippen molar-refractivity contribution in [3.05, 3.63) is 41.5 Å². The van der Waals surface area contributed by atoms with E-state index in [0.717, 1.165) is 18.5 Å². The molecule has 1 aliphatic heterocycles. The molecule has 0 amide bonds. The highest BCUT2D eigenvalue weighted by atomic mass is 28.4. The van der Waals surface area contributed by atoms with Crippen LogP contribution in [0.3, 0.4) is 0 Å². The molecular weight excluding hydrogens is 400 g/mol. The Morgan fingerprint density at radius 3 is 2.13 bits per heavy atom. The van der Waals surface area contributed by atoms with Crippen molar-refractivity contribution in [2.45, 2.75) is 117 Å². The molecule has 0 N–H and O–H groups in total. The van der Waals surface area contributed by atoms with Crippen molar-refractivity contribution in [3.8, 4) is 0 Å². The first-order valence-corrected chi connectivity index (χ1v) is 17.4. The Balaban J connectivity index is 2.48. The molecule has 4 heteroatoms. The molecule has 2 atom stereocenters. The smallest absolute Gasteiger partial charge is 0.225 e. The molecule has 0 aliphatic carbocycles. The Bertz CT molecular complexity index is 699. The molecule has 1 aliphatic rings. The van der Waals surface area contributed by atoms with Gasteiger partial charge in [0.25, 0.3) is 0 Å². The van der Waals surface area contributed by atoms with Crippen molar-refractivity contribution < 1.29 is 8.85 Å². The van der Waals surface area contributed by atoms with Gasteiger partial charge in [-0.1, -0.05) is 91.1 Å². The van der Waals surface area contributed by atoms with Crippen molar-refractivity contribution in [1.29, 1.82) is 0 Å². The zero-order chi connectivity index (χ0) is 22.6. The van der Waals surface area contributed by atoms with E-state index in [1.54, 1.807) is 0 Å². The monoisotopic (exact) mass is 446 g/mol. The molecule has 0 fully saturated rings. The van der Waals surface area contributed by atoms with Gasteiger partial charge in [0.1, 0.15) is 0 Å². The second-order valence-corrected chi connectivity index (χ2v) is 19.5. The number of hydrogen-bond donors (Lipinski definition) is 0. The average Bonchev–Trinajstić information content (AvgIpc) is 3.00. The molecule has 2 rings (SSSR count). The number of benzene rings is 1. The quantitative estimate of drug-likeness (QED) is 0.265. The fraction of sp³-hybridized carbons (Fsp3) is 0.692. The molecule has 1 aromatic carbocycles. The third-order valence-corrected chi connectivity index (χ3v) is 16.6. The highest BCUT2D eigenvalue weighted by Gasteiger charge is 2.50. The Labute approximate surface area is 188 Å². The van der Waals surface area contributed by atoms with Crippen molar-refractivity contribution in [3.63, 3.8) is 0 Å². The van der Waals surface area contributed by atoms with Gasteiger partial charge < -0.3 is 8.85 Å². The first-order valence-electron chi connectivity index (χ1n) is 12.1. The Kier molecular flexibility index (Phi) is 8.77. The fourth-order valence-corrected chi connectivity index (χ4v) is 9.91. The summed E-state index contributed by atoms with van der Waals surface area (Å²) in [5, 5.41) is 1.75. The Hall–Kier alpha value is -0.686. The van der Waals surface area contributed by atoms with E-state index in [-0.39, 0.29) is 17.2 Å². The van der Waals surface area contributed by atoms with Gasteiger partial charge in [-0.15, -0.1) is 0 Å². The largest absolute Gasteiger partial charge is 0.411 e. The van der Waals surface area contributed by atoms with Crippen LogP contribution in [0.15, 0.2) is 35.9 Å². The third-order valence-electron chi connectivity index (χ3n) is 7.52. The summed E-state index contributed by atoms with van der Waals surface area (Å²) in [5.41, 5.74) is 2.81. The van der Waals surface area contributed by atoms with Gasteiger partial charge in [0, 0.05) is 0 Å². The maximum atomic E-state index is 7.14. The van der Waals surface area contributed by atoms with Gasteiger partial charge in [-0.25, -0.2) is 0 Å². The molecule has 0 saturated heterocycles. The van der Waals surface area contributed by atoms with Crippen LogP contribution >= 0.6 is 0 Å². The molecule has 0 spiro atoms. The lowest BCUT2D eigenvalue weighted by atomic mass is 9.99. The molecule has 1 heterocycles. The molecule has 1 unspecified atom stereocenters. The Morgan fingerprint density at radius 1 is 1.03 bits per heavy atom. The summed E-state index contributed by atoms with van der Waals surface area (Å²) >= 11 is 0. The molecule has 0 aromatic heterocycles. The molecule has 1 aromatic rings. The van der Waals surface area contributed by atoms with E-state index in [9.17, 15) is 0 Å². The van der Waals surface area contributed by atoms with Gasteiger partial charge in [-0.05, 0) is 59.9 Å². The molecule has 30 heavy (non-hydrogen) atoms. The molecule has 0 radical (unpaired) electrons. The highest BCUT2D eigenvalue weighted by Crippen LogP contribution is 2.47. The molecular formula is C26H46O2Si2. The SMILES string of the molecule is CCCCC[C@H](O[Si](C)(C)C(C)(C)C)C1O[Si](CC)(CC)C(c2ccccc2)=C1C. The maximum absolute atomic E-state index is 7.14. The van der Waals surface area contributed by atoms with Crippen molar-refractivity contribution >= 4 is 21.8 Å². The number of rotatable bonds is 10. The van der Waals surface area contributed by atoms with Crippen LogP contribution in [0.2, 0.25) is 30.2 Å². The van der Waals surface area contributed by atoms with E-state index >= 15 is 0 Å². The lowest BCUT2D eigenvalue weighted by molar-refractivity contribution is 0.0586. The summed E-state index contributed by atoms with van der Waals surface area (Å²) in [6.45, 7) is 21.1. The van der Waals surface area contributed by atoms with Gasteiger partial charge in [0.05, 0.1) is 12.2 Å². The highest BCUT2D eigenvalue weighted by molar-refractivity contribution is 6.92. The summed E-state index contributed by atoms with van der Waals surface area (Å²) in [5.74, 6) is 0. The van der Waals surface area contributed by atoms with Crippen molar-refractivity contribution in [2.24, 2.45) is 0 Å². The minimum Gasteiger partial charge on any atom is -0.411 e. The first kappa shape index (κ1) is 25.6. The molecule has 0 bridgehead atoms. The van der Waals surface area contributed by atoms with Gasteiger partial charge >= 0.3 is 0 Å². The summed E-state index contributed by atoms with van der Waals surface area (Å²) in [6.07, 6.45) is 5.10. The van der Waals surface area contributed by atoms with E-state index in [4.69, 9.17) is 8.85 Å². The van der Waals surface area contributed by atoms with E-state index in [1.807, 2.05) is 0 Å². The summed E-state index contributed by atoms with van der Waals surface area (Å²) < 4.78 is 14.2. The van der Waals surface area contributed by atoms with Crippen LogP contribution in [0.1, 0.15) is 79.7 Å². The van der Waals surface area contributed by atoms with Gasteiger partial charge in [0.15, 0.2) is 8.32 Å². The predicted octanol–water partition coefficient (Wildman–Crippen LogP) is 8.35. The third kappa shape index (κ3) is 5.38. The Morgan fingerprint density at radius 2 is 1.63 bits per heavy atom. The molecule has 2 nitrogen and oxygen atoms in total. The van der Waals surface area contributed by atoms with E-state index in [2.05, 4.69) is 91.9 Å².